The normalized spacial score (nSPS) is 38.2. The van der Waals surface area contributed by atoms with E-state index >= 15 is 0 Å². The summed E-state index contributed by atoms with van der Waals surface area (Å²) in [7, 11) is 0. The monoisotopic (exact) mass is 384 g/mol. The Morgan fingerprint density at radius 1 is 1.15 bits per heavy atom. The lowest BCUT2D eigenvalue weighted by Gasteiger charge is -2.29. The molecule has 3 saturated heterocycles. The van der Waals surface area contributed by atoms with E-state index in [-0.39, 0.29) is 18.0 Å². The number of allylic oxidation sites excluding steroid dienone is 1. The number of ether oxygens (including phenoxy) is 6. The van der Waals surface area contributed by atoms with Crippen LogP contribution in [0.1, 0.15) is 54.4 Å². The lowest BCUT2D eigenvalue weighted by atomic mass is 10.1. The smallest absolute Gasteiger partial charge is 0.312 e. The number of fused-ring (bicyclic) bond motifs is 1. The lowest BCUT2D eigenvalue weighted by molar-refractivity contribution is -0.235. The Balaban J connectivity index is 1.72. The number of hydrogen-bond donors (Lipinski definition) is 0. The molecule has 0 spiro atoms. The molecule has 6 atom stereocenters. The molecular formula is C20H32O7. The zero-order valence-corrected chi connectivity index (χ0v) is 17.1. The Morgan fingerprint density at radius 2 is 1.89 bits per heavy atom. The van der Waals surface area contributed by atoms with Gasteiger partial charge >= 0.3 is 5.97 Å². The second-order valence-corrected chi connectivity index (χ2v) is 8.34. The van der Waals surface area contributed by atoms with E-state index in [0.717, 1.165) is 12.8 Å². The molecule has 0 amide bonds. The molecule has 27 heavy (non-hydrogen) atoms. The molecule has 0 aromatic heterocycles. The quantitative estimate of drug-likeness (QED) is 0.515. The van der Waals surface area contributed by atoms with Gasteiger partial charge in [-0.05, 0) is 41.0 Å². The third-order valence-corrected chi connectivity index (χ3v) is 4.93. The van der Waals surface area contributed by atoms with Crippen molar-refractivity contribution in [3.63, 3.8) is 0 Å². The largest absolute Gasteiger partial charge is 0.456 e. The minimum Gasteiger partial charge on any atom is -0.456 e. The lowest BCUT2D eigenvalue weighted by Crippen LogP contribution is -2.45. The average molecular weight is 384 g/mol. The Morgan fingerprint density at radius 3 is 2.52 bits per heavy atom. The molecule has 3 rings (SSSR count). The molecule has 0 aromatic rings. The van der Waals surface area contributed by atoms with Gasteiger partial charge in [0, 0.05) is 0 Å². The number of hydrogen-bond acceptors (Lipinski definition) is 7. The molecule has 3 aliphatic heterocycles. The Hall–Kier alpha value is -0.990. The Labute approximate surface area is 161 Å². The summed E-state index contributed by atoms with van der Waals surface area (Å²) in [6.07, 6.45) is 3.29. The summed E-state index contributed by atoms with van der Waals surface area (Å²) in [5, 5.41) is 0. The molecule has 0 radical (unpaired) electrons. The van der Waals surface area contributed by atoms with Gasteiger partial charge < -0.3 is 28.4 Å². The molecule has 0 saturated carbocycles. The summed E-state index contributed by atoms with van der Waals surface area (Å²) < 4.78 is 35.3. The average Bonchev–Trinajstić information content (AvgIpc) is 3.18. The van der Waals surface area contributed by atoms with E-state index in [2.05, 4.69) is 6.92 Å². The number of esters is 1. The number of carbonyl (C=O) groups excluding carboxylic acids is 1. The summed E-state index contributed by atoms with van der Waals surface area (Å²) in [5.41, 5.74) is 0. The second-order valence-electron chi connectivity index (χ2n) is 8.34. The van der Waals surface area contributed by atoms with E-state index in [4.69, 9.17) is 28.4 Å². The van der Waals surface area contributed by atoms with E-state index in [9.17, 15) is 4.79 Å². The number of rotatable bonds is 6. The van der Waals surface area contributed by atoms with Crippen molar-refractivity contribution in [1.82, 2.24) is 0 Å². The summed E-state index contributed by atoms with van der Waals surface area (Å²) in [5.74, 6) is -2.14. The summed E-state index contributed by atoms with van der Waals surface area (Å²) in [4.78, 5) is 12.6. The fourth-order valence-corrected chi connectivity index (χ4v) is 3.60. The predicted molar refractivity (Wildman–Crippen MR) is 96.7 cm³/mol. The Kier molecular flexibility index (Phi) is 5.99. The maximum absolute atomic E-state index is 12.6. The van der Waals surface area contributed by atoms with Crippen LogP contribution in [0.4, 0.5) is 0 Å². The van der Waals surface area contributed by atoms with Crippen molar-refractivity contribution in [2.75, 3.05) is 6.61 Å². The zero-order valence-electron chi connectivity index (χ0n) is 17.1. The molecule has 7 heteroatoms. The fraction of sp³-hybridized carbons (Fsp3) is 0.850. The van der Waals surface area contributed by atoms with Crippen molar-refractivity contribution in [3.05, 3.63) is 12.2 Å². The minimum absolute atomic E-state index is 0.312. The fourth-order valence-electron chi connectivity index (χ4n) is 3.60. The predicted octanol–water partition coefficient (Wildman–Crippen LogP) is 2.92. The molecule has 0 unspecified atom stereocenters. The van der Waals surface area contributed by atoms with E-state index < -0.39 is 36.2 Å². The van der Waals surface area contributed by atoms with Crippen molar-refractivity contribution in [2.45, 2.75) is 96.7 Å². The molecule has 3 fully saturated rings. The van der Waals surface area contributed by atoms with Crippen LogP contribution >= 0.6 is 0 Å². The summed E-state index contributed by atoms with van der Waals surface area (Å²) >= 11 is 0. The van der Waals surface area contributed by atoms with E-state index in [1.54, 1.807) is 0 Å². The first-order chi connectivity index (χ1) is 12.6. The van der Waals surface area contributed by atoms with Crippen LogP contribution in [0.15, 0.2) is 12.2 Å². The van der Waals surface area contributed by atoms with Gasteiger partial charge in [-0.2, -0.15) is 0 Å². The highest BCUT2D eigenvalue weighted by molar-refractivity contribution is 5.74. The van der Waals surface area contributed by atoms with Gasteiger partial charge in [0.15, 0.2) is 30.1 Å². The topological polar surface area (TPSA) is 72.5 Å². The van der Waals surface area contributed by atoms with Crippen LogP contribution in [-0.4, -0.2) is 54.9 Å². The highest BCUT2D eigenvalue weighted by atomic mass is 16.8. The van der Waals surface area contributed by atoms with Crippen LogP contribution in [0.25, 0.3) is 0 Å². The van der Waals surface area contributed by atoms with Crippen molar-refractivity contribution < 1.29 is 33.2 Å². The van der Waals surface area contributed by atoms with Gasteiger partial charge in [0.25, 0.3) is 0 Å². The number of unbranched alkanes of at least 4 members (excludes halogenated alkanes) is 1. The van der Waals surface area contributed by atoms with Gasteiger partial charge in [-0.15, -0.1) is 0 Å². The SMILES string of the molecule is CCC/C=C/[C@@H](C)C(=O)O[C@@H]1[C@H]2OC(C)(C)O[C@H]2O[C@@H]1[C@H]1COC(C)(C)O1. The van der Waals surface area contributed by atoms with Crippen LogP contribution in [0, 0.1) is 5.92 Å². The zero-order chi connectivity index (χ0) is 19.8. The molecule has 7 nitrogen and oxygen atoms in total. The molecule has 0 N–H and O–H groups in total. The molecular weight excluding hydrogens is 352 g/mol. The molecule has 154 valence electrons. The maximum Gasteiger partial charge on any atom is 0.312 e. The highest BCUT2D eigenvalue weighted by Crippen LogP contribution is 2.42. The van der Waals surface area contributed by atoms with Gasteiger partial charge in [0.1, 0.15) is 12.2 Å². The first-order valence-electron chi connectivity index (χ1n) is 9.82. The molecule has 0 aliphatic carbocycles. The first kappa shape index (κ1) is 20.7. The molecule has 0 bridgehead atoms. The van der Waals surface area contributed by atoms with Gasteiger partial charge in [-0.1, -0.05) is 25.5 Å². The molecule has 3 aliphatic rings. The minimum atomic E-state index is -0.788. The van der Waals surface area contributed by atoms with Crippen LogP contribution in [0.5, 0.6) is 0 Å². The van der Waals surface area contributed by atoms with Crippen molar-refractivity contribution in [3.8, 4) is 0 Å². The second kappa shape index (κ2) is 7.79. The van der Waals surface area contributed by atoms with Gasteiger partial charge in [-0.25, -0.2) is 0 Å². The third-order valence-electron chi connectivity index (χ3n) is 4.93. The van der Waals surface area contributed by atoms with Crippen molar-refractivity contribution >= 4 is 5.97 Å². The summed E-state index contributed by atoms with van der Waals surface area (Å²) in [6.45, 7) is 11.6. The maximum atomic E-state index is 12.6. The van der Waals surface area contributed by atoms with Crippen molar-refractivity contribution in [1.29, 1.82) is 0 Å². The Bertz CT molecular complexity index is 571. The van der Waals surface area contributed by atoms with Crippen LogP contribution in [-0.2, 0) is 33.2 Å². The van der Waals surface area contributed by atoms with Crippen LogP contribution in [0.2, 0.25) is 0 Å². The van der Waals surface area contributed by atoms with Crippen LogP contribution in [0.3, 0.4) is 0 Å². The van der Waals surface area contributed by atoms with Gasteiger partial charge in [-0.3, -0.25) is 4.79 Å². The van der Waals surface area contributed by atoms with E-state index in [0.29, 0.717) is 6.61 Å². The van der Waals surface area contributed by atoms with E-state index in [1.165, 1.54) is 0 Å². The first-order valence-corrected chi connectivity index (χ1v) is 9.82. The van der Waals surface area contributed by atoms with Crippen molar-refractivity contribution in [2.24, 2.45) is 5.92 Å². The summed E-state index contributed by atoms with van der Waals surface area (Å²) in [6, 6.07) is 0. The van der Waals surface area contributed by atoms with Gasteiger partial charge in [0.2, 0.25) is 0 Å². The highest BCUT2D eigenvalue weighted by Gasteiger charge is 2.60. The number of carbonyl (C=O) groups is 1. The third kappa shape index (κ3) is 4.71. The van der Waals surface area contributed by atoms with Crippen LogP contribution < -0.4 is 0 Å². The molecule has 3 heterocycles. The standard InChI is InChI=1S/C20H32O7/c1-7-8-9-10-12(2)17(21)23-15-14(13-11-22-19(3,4)25-13)24-18-16(15)26-20(5,6)27-18/h9-10,12-16,18H,7-8,11H2,1-6H3/b10-9+/t12-,13-,14-,15+,16-,18-/m1/s1. The molecule has 0 aromatic carbocycles. The van der Waals surface area contributed by atoms with Gasteiger partial charge in [0.05, 0.1) is 12.5 Å². The van der Waals surface area contributed by atoms with E-state index in [1.807, 2.05) is 46.8 Å².